The molecule has 7 rings (SSSR count). The lowest BCUT2D eigenvalue weighted by molar-refractivity contribution is -0.122. The molecule has 1 amide bonds. The Morgan fingerprint density at radius 2 is 1.58 bits per heavy atom. The molecule has 1 saturated heterocycles. The van der Waals surface area contributed by atoms with E-state index < -0.39 is 23.4 Å². The number of benzene rings is 4. The Hall–Kier alpha value is -4.88. The number of rotatable bonds is 6. The Morgan fingerprint density at radius 3 is 2.37 bits per heavy atom. The molecule has 7 nitrogen and oxygen atoms in total. The summed E-state index contributed by atoms with van der Waals surface area (Å²) < 4.78 is 10.9. The summed E-state index contributed by atoms with van der Waals surface area (Å²) in [5.41, 5.74) is 2.22. The van der Waals surface area contributed by atoms with Gasteiger partial charge < -0.3 is 19.7 Å². The van der Waals surface area contributed by atoms with E-state index in [1.807, 2.05) is 65.7 Å². The highest BCUT2D eigenvalue weighted by Gasteiger charge is 2.70. The SMILES string of the molecule is COc1ccc(C(=O)[C@@H]2[C@H](C(=O)c3ccccc3Cl)[C@]3(C(=O)Nc4ccccc43)[C@@H]3c4ccccc4C=CN23)cc1OC. The van der Waals surface area contributed by atoms with Gasteiger partial charge in [0.05, 0.1) is 31.2 Å². The van der Waals surface area contributed by atoms with Crippen LogP contribution in [0.4, 0.5) is 5.69 Å². The minimum Gasteiger partial charge on any atom is -0.493 e. The van der Waals surface area contributed by atoms with Crippen molar-refractivity contribution in [3.05, 3.63) is 130 Å². The fourth-order valence-corrected chi connectivity index (χ4v) is 7.39. The lowest BCUT2D eigenvalue weighted by Crippen LogP contribution is -2.49. The lowest BCUT2D eigenvalue weighted by Gasteiger charge is -2.38. The topological polar surface area (TPSA) is 84.9 Å². The predicted octanol–water partition coefficient (Wildman–Crippen LogP) is 6.34. The molecule has 3 heterocycles. The van der Waals surface area contributed by atoms with Gasteiger partial charge in [-0.1, -0.05) is 66.2 Å². The Balaban J connectivity index is 1.53. The lowest BCUT2D eigenvalue weighted by atomic mass is 9.62. The number of Topliss-reactive ketones (excluding diaryl/α,β-unsaturated/α-hetero) is 2. The molecule has 4 atom stereocenters. The summed E-state index contributed by atoms with van der Waals surface area (Å²) in [5.74, 6) is -1.31. The standard InChI is InChI=1S/C35H27ClN2O5/c1-42-27-16-15-21(19-28(27)43-2)31(39)30-29(32(40)23-11-5-7-13-25(23)36)35(24-12-6-8-14-26(24)37-34(35)41)33-22-10-4-3-9-20(22)17-18-38(30)33/h3-19,29-30,33H,1-2H3,(H,37,41)/t29-,30+,33+,35+/m1/s1. The number of fused-ring (bicyclic) bond motifs is 6. The molecule has 0 unspecified atom stereocenters. The minimum atomic E-state index is -1.44. The fourth-order valence-electron chi connectivity index (χ4n) is 7.16. The number of para-hydroxylation sites is 1. The highest BCUT2D eigenvalue weighted by atomic mass is 35.5. The van der Waals surface area contributed by atoms with E-state index in [4.69, 9.17) is 21.1 Å². The van der Waals surface area contributed by atoms with E-state index in [9.17, 15) is 14.4 Å². The van der Waals surface area contributed by atoms with E-state index in [1.54, 1.807) is 42.5 Å². The molecule has 1 fully saturated rings. The van der Waals surface area contributed by atoms with Crippen LogP contribution in [0, 0.1) is 5.92 Å². The fraction of sp³-hybridized carbons (Fsp3) is 0.171. The highest BCUT2D eigenvalue weighted by molar-refractivity contribution is 6.34. The third kappa shape index (κ3) is 3.78. The van der Waals surface area contributed by atoms with Crippen molar-refractivity contribution in [3.63, 3.8) is 0 Å². The number of carbonyl (C=O) groups excluding carboxylic acids is 3. The quantitative estimate of drug-likeness (QED) is 0.264. The molecule has 4 aromatic rings. The van der Waals surface area contributed by atoms with E-state index in [2.05, 4.69) is 5.32 Å². The summed E-state index contributed by atoms with van der Waals surface area (Å²) in [6.07, 6.45) is 3.77. The molecule has 1 spiro atoms. The first-order valence-corrected chi connectivity index (χ1v) is 14.3. The third-order valence-corrected chi connectivity index (χ3v) is 9.26. The van der Waals surface area contributed by atoms with Gasteiger partial charge in [0.25, 0.3) is 0 Å². The van der Waals surface area contributed by atoms with Crippen LogP contribution in [-0.4, -0.2) is 42.6 Å². The van der Waals surface area contributed by atoms with Crippen molar-refractivity contribution in [1.29, 1.82) is 0 Å². The number of nitrogens with zero attached hydrogens (tertiary/aromatic N) is 1. The van der Waals surface area contributed by atoms with Crippen LogP contribution in [-0.2, 0) is 10.2 Å². The second-order valence-electron chi connectivity index (χ2n) is 10.9. The first-order chi connectivity index (χ1) is 20.9. The van der Waals surface area contributed by atoms with Crippen LogP contribution in [0.25, 0.3) is 6.08 Å². The number of carbonyl (C=O) groups is 3. The molecule has 214 valence electrons. The zero-order chi connectivity index (χ0) is 29.9. The maximum atomic E-state index is 14.9. The molecular formula is C35H27ClN2O5. The molecule has 0 aliphatic carbocycles. The van der Waals surface area contributed by atoms with Gasteiger partial charge in [-0.25, -0.2) is 0 Å². The Bertz CT molecular complexity index is 1850. The largest absolute Gasteiger partial charge is 0.493 e. The van der Waals surface area contributed by atoms with Gasteiger partial charge in [0.15, 0.2) is 23.1 Å². The number of anilines is 1. The number of hydrogen-bond donors (Lipinski definition) is 1. The van der Waals surface area contributed by atoms with Gasteiger partial charge in [0.2, 0.25) is 5.91 Å². The molecule has 3 aliphatic heterocycles. The second kappa shape index (κ2) is 10.1. The van der Waals surface area contributed by atoms with Gasteiger partial charge in [-0.05, 0) is 59.2 Å². The normalized spacial score (nSPS) is 22.9. The summed E-state index contributed by atoms with van der Waals surface area (Å²) >= 11 is 6.62. The maximum absolute atomic E-state index is 14.9. The summed E-state index contributed by atoms with van der Waals surface area (Å²) in [5, 5.41) is 3.31. The summed E-state index contributed by atoms with van der Waals surface area (Å²) in [4.78, 5) is 46.1. The van der Waals surface area contributed by atoms with E-state index in [-0.39, 0.29) is 28.1 Å². The Morgan fingerprint density at radius 1 is 0.860 bits per heavy atom. The highest BCUT2D eigenvalue weighted by Crippen LogP contribution is 2.62. The van der Waals surface area contributed by atoms with Crippen molar-refractivity contribution in [1.82, 2.24) is 4.90 Å². The Labute approximate surface area is 253 Å². The van der Waals surface area contributed by atoms with E-state index in [0.29, 0.717) is 28.3 Å². The minimum absolute atomic E-state index is 0.257. The van der Waals surface area contributed by atoms with E-state index in [1.165, 1.54) is 14.2 Å². The summed E-state index contributed by atoms with van der Waals surface area (Å²) in [6.45, 7) is 0. The molecule has 0 saturated carbocycles. The van der Waals surface area contributed by atoms with Gasteiger partial charge >= 0.3 is 0 Å². The van der Waals surface area contributed by atoms with Crippen molar-refractivity contribution >= 4 is 40.8 Å². The smallest absolute Gasteiger partial charge is 0.238 e. The van der Waals surface area contributed by atoms with Crippen molar-refractivity contribution in [3.8, 4) is 11.5 Å². The van der Waals surface area contributed by atoms with Crippen molar-refractivity contribution < 1.29 is 23.9 Å². The average molecular weight is 591 g/mol. The predicted molar refractivity (Wildman–Crippen MR) is 164 cm³/mol. The van der Waals surface area contributed by atoms with Gasteiger partial charge in [0.1, 0.15) is 11.5 Å². The second-order valence-corrected chi connectivity index (χ2v) is 11.3. The number of ether oxygens (including phenoxy) is 2. The number of hydrogen-bond acceptors (Lipinski definition) is 6. The van der Waals surface area contributed by atoms with Crippen molar-refractivity contribution in [2.24, 2.45) is 5.92 Å². The van der Waals surface area contributed by atoms with E-state index >= 15 is 0 Å². The zero-order valence-electron chi connectivity index (χ0n) is 23.4. The number of amides is 1. The molecule has 4 aromatic carbocycles. The molecule has 0 aromatic heterocycles. The van der Waals surface area contributed by atoms with Crippen LogP contribution in [0.5, 0.6) is 11.5 Å². The number of halogens is 1. The summed E-state index contributed by atoms with van der Waals surface area (Å²) in [6, 6.07) is 25.2. The van der Waals surface area contributed by atoms with Crippen LogP contribution in [0.15, 0.2) is 97.2 Å². The van der Waals surface area contributed by atoms with Crippen LogP contribution >= 0.6 is 11.6 Å². The maximum Gasteiger partial charge on any atom is 0.238 e. The van der Waals surface area contributed by atoms with Gasteiger partial charge in [-0.3, -0.25) is 14.4 Å². The summed E-state index contributed by atoms with van der Waals surface area (Å²) in [7, 11) is 3.02. The first-order valence-electron chi connectivity index (χ1n) is 13.9. The van der Waals surface area contributed by atoms with E-state index in [0.717, 1.165) is 11.1 Å². The van der Waals surface area contributed by atoms with Crippen LogP contribution < -0.4 is 14.8 Å². The molecule has 0 radical (unpaired) electrons. The number of ketones is 2. The monoisotopic (exact) mass is 590 g/mol. The number of methoxy groups -OCH3 is 2. The van der Waals surface area contributed by atoms with Crippen molar-refractivity contribution in [2.45, 2.75) is 17.5 Å². The zero-order valence-corrected chi connectivity index (χ0v) is 24.2. The molecule has 0 bridgehead atoms. The van der Waals surface area contributed by atoms with Crippen LogP contribution in [0.2, 0.25) is 5.02 Å². The Kier molecular flexibility index (Phi) is 6.36. The van der Waals surface area contributed by atoms with Crippen LogP contribution in [0.1, 0.15) is 43.4 Å². The molecule has 3 aliphatic rings. The van der Waals surface area contributed by atoms with Gasteiger partial charge in [0, 0.05) is 23.0 Å². The number of nitrogens with one attached hydrogen (secondary N) is 1. The average Bonchev–Trinajstić information content (AvgIpc) is 3.52. The van der Waals surface area contributed by atoms with Gasteiger partial charge in [-0.2, -0.15) is 0 Å². The molecular weight excluding hydrogens is 564 g/mol. The molecule has 1 N–H and O–H groups in total. The molecule has 8 heteroatoms. The molecule has 43 heavy (non-hydrogen) atoms. The van der Waals surface area contributed by atoms with Crippen molar-refractivity contribution in [2.75, 3.05) is 19.5 Å². The van der Waals surface area contributed by atoms with Gasteiger partial charge in [-0.15, -0.1) is 0 Å². The van der Waals surface area contributed by atoms with Crippen LogP contribution in [0.3, 0.4) is 0 Å². The third-order valence-electron chi connectivity index (χ3n) is 8.93. The first kappa shape index (κ1) is 27.0.